The van der Waals surface area contributed by atoms with E-state index in [0.29, 0.717) is 4.60 Å². The first-order chi connectivity index (χ1) is 5.18. The van der Waals surface area contributed by atoms with Crippen molar-refractivity contribution in [2.24, 2.45) is 0 Å². The normalized spacial score (nSPS) is 9.36. The number of halogens is 1. The van der Waals surface area contributed by atoms with Crippen LogP contribution in [-0.4, -0.2) is 22.4 Å². The molecule has 0 saturated carbocycles. The summed E-state index contributed by atoms with van der Waals surface area (Å²) in [7, 11) is -1.82. The number of pyridine rings is 1. The van der Waals surface area contributed by atoms with Gasteiger partial charge in [-0.1, -0.05) is 6.07 Å². The number of hydrogen-bond donors (Lipinski definition) is 2. The predicted octanol–water partition coefficient (Wildman–Crippen LogP) is 0.192. The van der Waals surface area contributed by atoms with Crippen molar-refractivity contribution < 1.29 is 14.7 Å². The topological polar surface area (TPSA) is 62.6 Å². The van der Waals surface area contributed by atoms with Gasteiger partial charge in [0.15, 0.2) is 5.88 Å². The van der Waals surface area contributed by atoms with Crippen LogP contribution in [0, 0.1) is 0 Å². The maximum absolute atomic E-state index is 8.37. The van der Waals surface area contributed by atoms with E-state index in [4.69, 9.17) is 10.0 Å². The minimum atomic E-state index is -1.82. The Morgan fingerprint density at radius 1 is 1.45 bits per heavy atom. The van der Waals surface area contributed by atoms with Gasteiger partial charge in [-0.15, -0.1) is 0 Å². The molecule has 6 heteroatoms. The van der Waals surface area contributed by atoms with E-state index in [1.807, 2.05) is 0 Å². The number of rotatable bonds is 2. The molecule has 4 nitrogen and oxygen atoms in total. The molecular formula is C5H5BBrNO3. The Morgan fingerprint density at radius 2 is 2.18 bits per heavy atom. The lowest BCUT2D eigenvalue weighted by Crippen LogP contribution is -2.21. The van der Waals surface area contributed by atoms with Crippen LogP contribution in [0.1, 0.15) is 0 Å². The summed E-state index contributed by atoms with van der Waals surface area (Å²) in [5.74, 6) is 0.161. The molecule has 0 atom stereocenters. The fourth-order valence-corrected chi connectivity index (χ4v) is 0.891. The van der Waals surface area contributed by atoms with Crippen LogP contribution in [0.15, 0.2) is 22.8 Å². The van der Waals surface area contributed by atoms with Crippen LogP contribution in [0.2, 0.25) is 0 Å². The Balaban J connectivity index is 2.71. The largest absolute Gasteiger partial charge is 0.708 e. The third kappa shape index (κ3) is 2.88. The molecule has 0 spiro atoms. The van der Waals surface area contributed by atoms with Crippen molar-refractivity contribution in [2.45, 2.75) is 0 Å². The summed E-state index contributed by atoms with van der Waals surface area (Å²) in [6.45, 7) is 0. The maximum atomic E-state index is 8.37. The van der Waals surface area contributed by atoms with E-state index in [0.717, 1.165) is 0 Å². The van der Waals surface area contributed by atoms with Crippen LogP contribution in [0.25, 0.3) is 0 Å². The highest BCUT2D eigenvalue weighted by atomic mass is 79.9. The Bertz CT molecular complexity index is 245. The molecule has 0 aliphatic rings. The number of nitrogens with zero attached hydrogens (tertiary/aromatic N) is 1. The highest BCUT2D eigenvalue weighted by Gasteiger charge is 2.11. The van der Waals surface area contributed by atoms with Crippen molar-refractivity contribution in [3.63, 3.8) is 0 Å². The molecule has 0 aliphatic heterocycles. The average Bonchev–Trinajstić information content (AvgIpc) is 1.85. The van der Waals surface area contributed by atoms with Gasteiger partial charge in [-0.2, -0.15) is 0 Å². The molecule has 0 aliphatic carbocycles. The second-order valence-electron chi connectivity index (χ2n) is 1.74. The summed E-state index contributed by atoms with van der Waals surface area (Å²) in [5, 5.41) is 16.7. The van der Waals surface area contributed by atoms with Gasteiger partial charge in [0.05, 0.1) is 0 Å². The summed E-state index contributed by atoms with van der Waals surface area (Å²) in [5.41, 5.74) is 0. The molecule has 1 aromatic heterocycles. The van der Waals surface area contributed by atoms with Gasteiger partial charge in [-0.25, -0.2) is 4.98 Å². The molecule has 0 saturated heterocycles. The fourth-order valence-electron chi connectivity index (χ4n) is 0.563. The number of hydrogen-bond acceptors (Lipinski definition) is 4. The zero-order valence-corrected chi connectivity index (χ0v) is 7.02. The van der Waals surface area contributed by atoms with Gasteiger partial charge >= 0.3 is 7.32 Å². The van der Waals surface area contributed by atoms with Crippen molar-refractivity contribution in [3.05, 3.63) is 22.8 Å². The lowest BCUT2D eigenvalue weighted by molar-refractivity contribution is 0.283. The highest BCUT2D eigenvalue weighted by Crippen LogP contribution is 2.11. The average molecular weight is 218 g/mol. The van der Waals surface area contributed by atoms with Gasteiger partial charge in [-0.3, -0.25) is 0 Å². The van der Waals surface area contributed by atoms with Crippen molar-refractivity contribution in [2.75, 3.05) is 0 Å². The van der Waals surface area contributed by atoms with E-state index >= 15 is 0 Å². The summed E-state index contributed by atoms with van der Waals surface area (Å²) < 4.78 is 5.04. The van der Waals surface area contributed by atoms with E-state index in [2.05, 4.69) is 25.6 Å². The second kappa shape index (κ2) is 3.70. The molecule has 11 heavy (non-hydrogen) atoms. The standard InChI is InChI=1S/C5H5BBrNO3/c7-4-2-1-3-5(8-4)11-6(9)10/h1-3,9-10H. The van der Waals surface area contributed by atoms with Gasteiger partial charge in [0.2, 0.25) is 0 Å². The van der Waals surface area contributed by atoms with Gasteiger partial charge in [0.1, 0.15) is 4.60 Å². The first-order valence-corrected chi connectivity index (χ1v) is 3.63. The van der Waals surface area contributed by atoms with Crippen molar-refractivity contribution >= 4 is 23.3 Å². The van der Waals surface area contributed by atoms with Gasteiger partial charge in [0, 0.05) is 0 Å². The first-order valence-electron chi connectivity index (χ1n) is 2.84. The third-order valence-electron chi connectivity index (χ3n) is 0.916. The molecular weight excluding hydrogens is 213 g/mol. The molecule has 58 valence electrons. The van der Waals surface area contributed by atoms with E-state index in [1.54, 1.807) is 12.1 Å². The Hall–Kier alpha value is -0.585. The van der Waals surface area contributed by atoms with Gasteiger partial charge < -0.3 is 14.7 Å². The monoisotopic (exact) mass is 217 g/mol. The molecule has 0 unspecified atom stereocenters. The van der Waals surface area contributed by atoms with Gasteiger partial charge in [0.25, 0.3) is 0 Å². The van der Waals surface area contributed by atoms with E-state index in [1.165, 1.54) is 6.07 Å². The van der Waals surface area contributed by atoms with Crippen LogP contribution >= 0.6 is 15.9 Å². The molecule has 0 bridgehead atoms. The lowest BCUT2D eigenvalue weighted by Gasteiger charge is -2.01. The maximum Gasteiger partial charge on any atom is 0.708 e. The molecule has 0 fully saturated rings. The molecule has 1 heterocycles. The minimum Gasteiger partial charge on any atom is -0.498 e. The quantitative estimate of drug-likeness (QED) is 0.549. The van der Waals surface area contributed by atoms with Crippen molar-refractivity contribution in [1.29, 1.82) is 0 Å². The Kier molecular flexibility index (Phi) is 2.87. The minimum absolute atomic E-state index is 0.161. The zero-order chi connectivity index (χ0) is 8.27. The van der Waals surface area contributed by atoms with Crippen LogP contribution in [0.4, 0.5) is 0 Å². The van der Waals surface area contributed by atoms with Crippen molar-refractivity contribution in [3.8, 4) is 5.88 Å². The molecule has 1 rings (SSSR count). The van der Waals surface area contributed by atoms with Crippen molar-refractivity contribution in [1.82, 2.24) is 4.98 Å². The Labute approximate surface area is 72.1 Å². The highest BCUT2D eigenvalue weighted by molar-refractivity contribution is 9.10. The molecule has 0 aromatic carbocycles. The lowest BCUT2D eigenvalue weighted by atomic mass is 10.3. The van der Waals surface area contributed by atoms with Crippen LogP contribution in [0.5, 0.6) is 5.88 Å². The van der Waals surface area contributed by atoms with Crippen LogP contribution in [0.3, 0.4) is 0 Å². The first kappa shape index (κ1) is 8.51. The number of aromatic nitrogens is 1. The van der Waals surface area contributed by atoms with Crippen LogP contribution < -0.4 is 4.65 Å². The van der Waals surface area contributed by atoms with E-state index < -0.39 is 7.32 Å². The summed E-state index contributed by atoms with van der Waals surface area (Å²) in [6, 6.07) is 4.90. The molecule has 0 amide bonds. The van der Waals surface area contributed by atoms with Crippen LogP contribution in [-0.2, 0) is 0 Å². The zero-order valence-electron chi connectivity index (χ0n) is 5.44. The molecule has 1 aromatic rings. The third-order valence-corrected chi connectivity index (χ3v) is 1.36. The van der Waals surface area contributed by atoms with E-state index in [9.17, 15) is 0 Å². The van der Waals surface area contributed by atoms with Gasteiger partial charge in [-0.05, 0) is 28.1 Å². The second-order valence-corrected chi connectivity index (χ2v) is 2.56. The molecule has 0 radical (unpaired) electrons. The summed E-state index contributed by atoms with van der Waals surface area (Å²) in [6.07, 6.45) is 0. The SMILES string of the molecule is OB(O)Oc1cccc(Br)n1. The fraction of sp³-hybridized carbons (Fsp3) is 0. The predicted molar refractivity (Wildman–Crippen MR) is 42.8 cm³/mol. The summed E-state index contributed by atoms with van der Waals surface area (Å²) in [4.78, 5) is 3.79. The summed E-state index contributed by atoms with van der Waals surface area (Å²) >= 11 is 3.10. The Morgan fingerprint density at radius 3 is 2.73 bits per heavy atom. The van der Waals surface area contributed by atoms with E-state index in [-0.39, 0.29) is 5.88 Å². The smallest absolute Gasteiger partial charge is 0.498 e. The molecule has 2 N–H and O–H groups in total.